The van der Waals surface area contributed by atoms with E-state index in [4.69, 9.17) is 28.9 Å². The molecule has 0 fully saturated rings. The Morgan fingerprint density at radius 3 is 2.43 bits per heavy atom. The van der Waals surface area contributed by atoms with Gasteiger partial charge in [0.05, 0.1) is 16.1 Å². The zero-order valence-corrected chi connectivity index (χ0v) is 9.60. The summed E-state index contributed by atoms with van der Waals surface area (Å²) in [7, 11) is 0. The maximum atomic E-state index is 9.89. The number of nitrogens with two attached hydrogens (primary N) is 1. The van der Waals surface area contributed by atoms with Crippen molar-refractivity contribution in [2.24, 2.45) is 5.73 Å². The quantitative estimate of drug-likeness (QED) is 0.826. The molecule has 78 valence electrons. The lowest BCUT2D eigenvalue weighted by molar-refractivity contribution is 0.105. The Morgan fingerprint density at radius 2 is 1.93 bits per heavy atom. The van der Waals surface area contributed by atoms with Gasteiger partial charge >= 0.3 is 0 Å². The molecule has 0 bridgehead atoms. The molecule has 0 aliphatic carbocycles. The summed E-state index contributed by atoms with van der Waals surface area (Å²) < 4.78 is 0. The molecule has 0 aliphatic rings. The molecular weight excluding hydrogens is 221 g/mol. The highest BCUT2D eigenvalue weighted by Crippen LogP contribution is 2.33. The zero-order chi connectivity index (χ0) is 10.9. The van der Waals surface area contributed by atoms with Crippen molar-refractivity contribution in [2.75, 3.05) is 0 Å². The summed E-state index contributed by atoms with van der Waals surface area (Å²) in [5, 5.41) is 10.7. The first-order valence-corrected chi connectivity index (χ1v) is 5.00. The van der Waals surface area contributed by atoms with Crippen LogP contribution < -0.4 is 5.73 Å². The largest absolute Gasteiger partial charge is 0.386 e. The first-order valence-electron chi connectivity index (χ1n) is 4.25. The van der Waals surface area contributed by atoms with Crippen molar-refractivity contribution in [3.63, 3.8) is 0 Å². The van der Waals surface area contributed by atoms with Gasteiger partial charge < -0.3 is 10.8 Å². The Kier molecular flexibility index (Phi) is 3.43. The van der Waals surface area contributed by atoms with Gasteiger partial charge in [0.25, 0.3) is 0 Å². The number of hydrogen-bond donors (Lipinski definition) is 2. The molecule has 1 aromatic carbocycles. The van der Waals surface area contributed by atoms with Crippen LogP contribution in [0.25, 0.3) is 0 Å². The maximum absolute atomic E-state index is 9.89. The van der Waals surface area contributed by atoms with Crippen molar-refractivity contribution in [3.8, 4) is 0 Å². The first-order chi connectivity index (χ1) is 6.34. The summed E-state index contributed by atoms with van der Waals surface area (Å²) >= 11 is 11.8. The van der Waals surface area contributed by atoms with Gasteiger partial charge in [-0.15, -0.1) is 0 Å². The predicted molar refractivity (Wildman–Crippen MR) is 59.7 cm³/mol. The van der Waals surface area contributed by atoms with E-state index in [9.17, 15) is 5.11 Å². The van der Waals surface area contributed by atoms with Crippen LogP contribution in [0.2, 0.25) is 10.0 Å². The van der Waals surface area contributed by atoms with Crippen molar-refractivity contribution in [1.29, 1.82) is 0 Å². The number of aliphatic hydroxyl groups excluding tert-OH is 1. The lowest BCUT2D eigenvalue weighted by Gasteiger charge is -2.26. The van der Waals surface area contributed by atoms with Crippen LogP contribution in [0.1, 0.15) is 25.5 Å². The van der Waals surface area contributed by atoms with Gasteiger partial charge in [-0.1, -0.05) is 35.3 Å². The summed E-state index contributed by atoms with van der Waals surface area (Å²) in [5.41, 5.74) is 5.60. The van der Waals surface area contributed by atoms with Crippen LogP contribution >= 0.6 is 23.2 Å². The molecule has 0 spiro atoms. The molecule has 1 aromatic rings. The highest BCUT2D eigenvalue weighted by atomic mass is 35.5. The molecule has 0 aromatic heterocycles. The fourth-order valence-electron chi connectivity index (χ4n) is 1.13. The van der Waals surface area contributed by atoms with E-state index in [0.29, 0.717) is 15.6 Å². The molecule has 0 saturated carbocycles. The van der Waals surface area contributed by atoms with Crippen LogP contribution in [0.4, 0.5) is 0 Å². The van der Waals surface area contributed by atoms with Gasteiger partial charge in [0.2, 0.25) is 0 Å². The van der Waals surface area contributed by atoms with Gasteiger partial charge in [0, 0.05) is 11.1 Å². The molecule has 1 rings (SSSR count). The number of hydrogen-bond acceptors (Lipinski definition) is 2. The van der Waals surface area contributed by atoms with Crippen molar-refractivity contribution in [3.05, 3.63) is 33.8 Å². The van der Waals surface area contributed by atoms with Crippen molar-refractivity contribution >= 4 is 23.2 Å². The lowest BCUT2D eigenvalue weighted by Crippen LogP contribution is -2.39. The van der Waals surface area contributed by atoms with Gasteiger partial charge in [0.15, 0.2) is 0 Å². The van der Waals surface area contributed by atoms with E-state index < -0.39 is 11.6 Å². The Bertz CT molecular complexity index is 333. The minimum absolute atomic E-state index is 0.361. The number of halogens is 2. The van der Waals surface area contributed by atoms with Crippen LogP contribution in [0.15, 0.2) is 18.2 Å². The third kappa shape index (κ3) is 2.39. The molecule has 0 radical (unpaired) electrons. The van der Waals surface area contributed by atoms with E-state index in [-0.39, 0.29) is 0 Å². The van der Waals surface area contributed by atoms with Crippen molar-refractivity contribution in [1.82, 2.24) is 0 Å². The SMILES string of the molecule is CC(C)(N)C(O)c1cccc(Cl)c1Cl. The molecule has 0 aliphatic heterocycles. The summed E-state index contributed by atoms with van der Waals surface area (Å²) in [4.78, 5) is 0. The Labute approximate surface area is 93.6 Å². The molecule has 0 amide bonds. The minimum atomic E-state index is -0.825. The number of aliphatic hydroxyl groups is 1. The molecule has 4 heteroatoms. The first kappa shape index (κ1) is 11.8. The average molecular weight is 234 g/mol. The third-order valence-corrected chi connectivity index (χ3v) is 2.81. The van der Waals surface area contributed by atoms with Crippen LogP contribution in [0.5, 0.6) is 0 Å². The second-order valence-electron chi connectivity index (χ2n) is 3.87. The fourth-order valence-corrected chi connectivity index (χ4v) is 1.54. The minimum Gasteiger partial charge on any atom is -0.386 e. The second-order valence-corrected chi connectivity index (χ2v) is 4.65. The summed E-state index contributed by atoms with van der Waals surface area (Å²) in [6, 6.07) is 5.12. The van der Waals surface area contributed by atoms with Crippen molar-refractivity contribution in [2.45, 2.75) is 25.5 Å². The van der Waals surface area contributed by atoms with Crippen LogP contribution in [-0.2, 0) is 0 Å². The average Bonchev–Trinajstić information content (AvgIpc) is 2.07. The Hall–Kier alpha value is -0.280. The lowest BCUT2D eigenvalue weighted by atomic mass is 9.92. The molecule has 3 N–H and O–H groups in total. The van der Waals surface area contributed by atoms with Crippen LogP contribution in [-0.4, -0.2) is 10.6 Å². The fraction of sp³-hybridized carbons (Fsp3) is 0.400. The molecule has 1 unspecified atom stereocenters. The third-order valence-electron chi connectivity index (χ3n) is 1.98. The van der Waals surface area contributed by atoms with Gasteiger partial charge in [-0.2, -0.15) is 0 Å². The van der Waals surface area contributed by atoms with Gasteiger partial charge in [-0.25, -0.2) is 0 Å². The normalized spacial score (nSPS) is 14.1. The Balaban J connectivity index is 3.14. The molecular formula is C10H13Cl2NO. The molecule has 0 heterocycles. The highest BCUT2D eigenvalue weighted by molar-refractivity contribution is 6.42. The van der Waals surface area contributed by atoms with Crippen LogP contribution in [0.3, 0.4) is 0 Å². The molecule has 0 saturated heterocycles. The smallest absolute Gasteiger partial charge is 0.0978 e. The van der Waals surface area contributed by atoms with E-state index in [2.05, 4.69) is 0 Å². The molecule has 14 heavy (non-hydrogen) atoms. The summed E-state index contributed by atoms with van der Waals surface area (Å²) in [5.74, 6) is 0. The van der Waals surface area contributed by atoms with Crippen LogP contribution in [0, 0.1) is 0 Å². The second kappa shape index (κ2) is 4.07. The van der Waals surface area contributed by atoms with Crippen molar-refractivity contribution < 1.29 is 5.11 Å². The van der Waals surface area contributed by atoms with E-state index >= 15 is 0 Å². The van der Waals surface area contributed by atoms with Gasteiger partial charge in [-0.05, 0) is 19.9 Å². The number of benzene rings is 1. The zero-order valence-electron chi connectivity index (χ0n) is 8.09. The van der Waals surface area contributed by atoms with E-state index in [1.807, 2.05) is 0 Å². The summed E-state index contributed by atoms with van der Waals surface area (Å²) in [6.45, 7) is 3.46. The van der Waals surface area contributed by atoms with E-state index in [1.54, 1.807) is 32.0 Å². The topological polar surface area (TPSA) is 46.2 Å². The van der Waals surface area contributed by atoms with Gasteiger partial charge in [-0.3, -0.25) is 0 Å². The predicted octanol–water partition coefficient (Wildman–Crippen LogP) is 2.76. The monoisotopic (exact) mass is 233 g/mol. The standard InChI is InChI=1S/C10H13Cl2NO/c1-10(2,13)9(14)6-4-3-5-7(11)8(6)12/h3-5,9,14H,13H2,1-2H3. The maximum Gasteiger partial charge on any atom is 0.0978 e. The summed E-state index contributed by atoms with van der Waals surface area (Å²) in [6.07, 6.45) is -0.825. The number of rotatable bonds is 2. The van der Waals surface area contributed by atoms with E-state index in [1.165, 1.54) is 0 Å². The van der Waals surface area contributed by atoms with Gasteiger partial charge in [0.1, 0.15) is 0 Å². The molecule has 1 atom stereocenters. The highest BCUT2D eigenvalue weighted by Gasteiger charge is 2.26. The molecule has 2 nitrogen and oxygen atoms in total. The Morgan fingerprint density at radius 1 is 1.36 bits per heavy atom. The van der Waals surface area contributed by atoms with E-state index in [0.717, 1.165) is 0 Å².